The van der Waals surface area contributed by atoms with Gasteiger partial charge in [-0.25, -0.2) is 13.2 Å². The number of amides is 3. The monoisotopic (exact) mass is 515 g/mol. The number of benzene rings is 3. The summed E-state index contributed by atoms with van der Waals surface area (Å²) in [5.41, 5.74) is 0.352. The molecule has 0 aromatic heterocycles. The first-order chi connectivity index (χ1) is 17.0. The van der Waals surface area contributed by atoms with E-state index in [1.165, 1.54) is 35.2 Å². The maximum Gasteiger partial charge on any atom is 0.416 e. The van der Waals surface area contributed by atoms with Crippen molar-refractivity contribution in [2.75, 3.05) is 18.0 Å². The molecule has 1 atom stereocenters. The number of fused-ring (bicyclic) bond motifs is 1. The van der Waals surface area contributed by atoms with Gasteiger partial charge >= 0.3 is 12.2 Å². The SMILES string of the molecule is O=C1NCC(c2ccccc2)(S(=O)(=O)c2ccc3c(c2)CCN3C(=O)c2cccc(C(F)(F)F)c2)N1. The molecule has 0 bridgehead atoms. The van der Waals surface area contributed by atoms with Gasteiger partial charge < -0.3 is 15.5 Å². The minimum absolute atomic E-state index is 0.0394. The van der Waals surface area contributed by atoms with E-state index >= 15 is 0 Å². The Balaban J connectivity index is 1.50. The van der Waals surface area contributed by atoms with Crippen LogP contribution in [0.2, 0.25) is 0 Å². The van der Waals surface area contributed by atoms with E-state index in [-0.39, 0.29) is 23.5 Å². The maximum atomic E-state index is 13.8. The van der Waals surface area contributed by atoms with Crippen molar-refractivity contribution < 1.29 is 31.2 Å². The zero-order valence-corrected chi connectivity index (χ0v) is 19.5. The van der Waals surface area contributed by atoms with Gasteiger partial charge in [-0.1, -0.05) is 36.4 Å². The Morgan fingerprint density at radius 1 is 0.972 bits per heavy atom. The van der Waals surface area contributed by atoms with E-state index in [2.05, 4.69) is 10.6 Å². The van der Waals surface area contributed by atoms with E-state index in [9.17, 15) is 31.2 Å². The second kappa shape index (κ2) is 8.37. The summed E-state index contributed by atoms with van der Waals surface area (Å²) in [6.07, 6.45) is -4.26. The number of rotatable bonds is 4. The second-order valence-electron chi connectivity index (χ2n) is 8.58. The Kier molecular flexibility index (Phi) is 5.55. The highest BCUT2D eigenvalue weighted by atomic mass is 32.2. The Morgan fingerprint density at radius 2 is 1.72 bits per heavy atom. The molecule has 2 N–H and O–H groups in total. The fraction of sp³-hybridized carbons (Fsp3) is 0.200. The predicted molar refractivity (Wildman–Crippen MR) is 125 cm³/mol. The minimum atomic E-state index is -4.58. The standard InChI is InChI=1S/C25H20F3N3O4S/c26-25(27,28)19-8-4-5-17(13-19)22(32)31-12-11-16-14-20(9-10-21(16)31)36(34,35)24(15-29-23(33)30-24)18-6-2-1-3-7-18/h1-10,13-14H,11-12,15H2,(H2,29,30,33). The summed E-state index contributed by atoms with van der Waals surface area (Å²) in [5.74, 6) is -0.608. The smallest absolute Gasteiger partial charge is 0.334 e. The van der Waals surface area contributed by atoms with Crippen molar-refractivity contribution in [3.63, 3.8) is 0 Å². The fourth-order valence-electron chi connectivity index (χ4n) is 4.62. The lowest BCUT2D eigenvalue weighted by molar-refractivity contribution is -0.137. The fourth-order valence-corrected chi connectivity index (χ4v) is 6.50. The van der Waals surface area contributed by atoms with Crippen molar-refractivity contribution in [1.82, 2.24) is 10.6 Å². The lowest BCUT2D eigenvalue weighted by Gasteiger charge is -2.28. The molecule has 7 nitrogen and oxygen atoms in total. The third kappa shape index (κ3) is 3.79. The van der Waals surface area contributed by atoms with Crippen LogP contribution in [0, 0.1) is 0 Å². The van der Waals surface area contributed by atoms with E-state index < -0.39 is 38.4 Å². The zero-order chi connectivity index (χ0) is 25.7. The first kappa shape index (κ1) is 23.9. The number of hydrogen-bond acceptors (Lipinski definition) is 4. The molecular formula is C25H20F3N3O4S. The molecule has 5 rings (SSSR count). The number of sulfone groups is 1. The van der Waals surface area contributed by atoms with Crippen molar-refractivity contribution in [3.8, 4) is 0 Å². The van der Waals surface area contributed by atoms with Crippen molar-refractivity contribution in [2.24, 2.45) is 0 Å². The van der Waals surface area contributed by atoms with Gasteiger partial charge in [-0.3, -0.25) is 4.79 Å². The van der Waals surface area contributed by atoms with Crippen LogP contribution in [0.25, 0.3) is 0 Å². The maximum absolute atomic E-state index is 13.8. The summed E-state index contributed by atoms with van der Waals surface area (Å²) in [4.78, 5) is 24.7. The highest BCUT2D eigenvalue weighted by Crippen LogP contribution is 2.38. The van der Waals surface area contributed by atoms with Crippen LogP contribution in [0.3, 0.4) is 0 Å². The quantitative estimate of drug-likeness (QED) is 0.552. The van der Waals surface area contributed by atoms with Gasteiger partial charge in [0.15, 0.2) is 4.87 Å². The van der Waals surface area contributed by atoms with Gasteiger partial charge in [0.25, 0.3) is 5.91 Å². The molecule has 2 aliphatic heterocycles. The Morgan fingerprint density at radius 3 is 2.39 bits per heavy atom. The molecule has 36 heavy (non-hydrogen) atoms. The molecule has 11 heteroatoms. The van der Waals surface area contributed by atoms with Gasteiger partial charge in [0.1, 0.15) is 0 Å². The molecule has 1 saturated heterocycles. The average Bonchev–Trinajstić information content (AvgIpc) is 3.48. The first-order valence-electron chi connectivity index (χ1n) is 11.0. The topological polar surface area (TPSA) is 95.6 Å². The van der Waals surface area contributed by atoms with Gasteiger partial charge in [0.2, 0.25) is 9.84 Å². The van der Waals surface area contributed by atoms with Crippen LogP contribution in [-0.2, 0) is 27.3 Å². The molecular weight excluding hydrogens is 495 g/mol. The van der Waals surface area contributed by atoms with Crippen molar-refractivity contribution in [2.45, 2.75) is 22.4 Å². The number of anilines is 1. The van der Waals surface area contributed by atoms with Crippen molar-refractivity contribution >= 4 is 27.5 Å². The Labute approximate surface area is 204 Å². The van der Waals surface area contributed by atoms with E-state index in [4.69, 9.17) is 0 Å². The molecule has 1 fully saturated rings. The molecule has 186 valence electrons. The van der Waals surface area contributed by atoms with Crippen LogP contribution in [0.1, 0.15) is 27.0 Å². The van der Waals surface area contributed by atoms with Gasteiger partial charge in [0.05, 0.1) is 17.0 Å². The number of nitrogens with zero attached hydrogens (tertiary/aromatic N) is 1. The highest BCUT2D eigenvalue weighted by molar-refractivity contribution is 7.92. The lowest BCUT2D eigenvalue weighted by atomic mass is 10.1. The van der Waals surface area contributed by atoms with Crippen molar-refractivity contribution in [1.29, 1.82) is 0 Å². The third-order valence-electron chi connectivity index (χ3n) is 6.45. The lowest BCUT2D eigenvalue weighted by Crippen LogP contribution is -2.47. The highest BCUT2D eigenvalue weighted by Gasteiger charge is 2.51. The molecule has 0 aliphatic carbocycles. The largest absolute Gasteiger partial charge is 0.416 e. The van der Waals surface area contributed by atoms with Gasteiger partial charge in [0, 0.05) is 17.8 Å². The minimum Gasteiger partial charge on any atom is -0.334 e. The molecule has 2 heterocycles. The van der Waals surface area contributed by atoms with Crippen LogP contribution in [0.15, 0.2) is 77.7 Å². The summed E-state index contributed by atoms with van der Waals surface area (Å²) in [7, 11) is -4.14. The van der Waals surface area contributed by atoms with Crippen LogP contribution in [-0.4, -0.2) is 33.4 Å². The summed E-state index contributed by atoms with van der Waals surface area (Å²) < 4.78 is 66.9. The average molecular weight is 516 g/mol. The summed E-state index contributed by atoms with van der Waals surface area (Å²) in [6, 6.07) is 16.2. The Hall–Kier alpha value is -3.86. The first-order valence-corrected chi connectivity index (χ1v) is 12.5. The van der Waals surface area contributed by atoms with E-state index in [1.807, 2.05) is 0 Å². The number of alkyl halides is 3. The number of carbonyl (C=O) groups excluding carboxylic acids is 2. The number of nitrogens with one attached hydrogen (secondary N) is 2. The second-order valence-corrected chi connectivity index (χ2v) is 10.8. The van der Waals surface area contributed by atoms with Crippen LogP contribution >= 0.6 is 0 Å². The molecule has 3 amide bonds. The zero-order valence-electron chi connectivity index (χ0n) is 18.7. The predicted octanol–water partition coefficient (Wildman–Crippen LogP) is 3.85. The third-order valence-corrected chi connectivity index (χ3v) is 8.73. The molecule has 0 saturated carbocycles. The number of carbonyl (C=O) groups is 2. The van der Waals surface area contributed by atoms with Crippen LogP contribution in [0.4, 0.5) is 23.7 Å². The van der Waals surface area contributed by atoms with Crippen LogP contribution < -0.4 is 15.5 Å². The molecule has 3 aromatic rings. The summed E-state index contributed by atoms with van der Waals surface area (Å²) in [5, 5.41) is 5.09. The normalized spacial score (nSPS) is 19.5. The van der Waals surface area contributed by atoms with E-state index in [0.29, 0.717) is 23.2 Å². The van der Waals surface area contributed by atoms with E-state index in [0.717, 1.165) is 12.1 Å². The molecule has 2 aliphatic rings. The number of urea groups is 1. The van der Waals surface area contributed by atoms with Crippen LogP contribution in [0.5, 0.6) is 0 Å². The molecule has 0 spiro atoms. The molecule has 1 unspecified atom stereocenters. The van der Waals surface area contributed by atoms with Gasteiger partial charge in [-0.15, -0.1) is 0 Å². The van der Waals surface area contributed by atoms with Crippen molar-refractivity contribution in [3.05, 3.63) is 95.1 Å². The summed E-state index contributed by atoms with van der Waals surface area (Å²) >= 11 is 0. The van der Waals surface area contributed by atoms with Gasteiger partial charge in [-0.2, -0.15) is 13.2 Å². The van der Waals surface area contributed by atoms with Gasteiger partial charge in [-0.05, 0) is 53.9 Å². The molecule has 0 radical (unpaired) electrons. The van der Waals surface area contributed by atoms with E-state index in [1.54, 1.807) is 30.3 Å². The molecule has 3 aromatic carbocycles. The Bertz CT molecular complexity index is 1480. The number of halogens is 3. The number of hydrogen-bond donors (Lipinski definition) is 2. The summed E-state index contributed by atoms with van der Waals surface area (Å²) in [6.45, 7) is 0.0193.